The topological polar surface area (TPSA) is 84.4 Å². The minimum Gasteiger partial charge on any atom is -0.480 e. The average Bonchev–Trinajstić information content (AvgIpc) is 2.61. The lowest BCUT2D eigenvalue weighted by molar-refractivity contribution is -0.148. The Morgan fingerprint density at radius 3 is 2.04 bits per heavy atom. The molecule has 0 radical (unpaired) electrons. The van der Waals surface area contributed by atoms with Crippen LogP contribution >= 0.6 is 0 Å². The lowest BCUT2D eigenvalue weighted by atomic mass is 10.1. The number of carboxylic acids is 1. The van der Waals surface area contributed by atoms with Crippen molar-refractivity contribution in [3.63, 3.8) is 0 Å². The first-order valence-electron chi connectivity index (χ1n) is 8.80. The van der Waals surface area contributed by atoms with Crippen LogP contribution in [0.5, 0.6) is 0 Å². The molecule has 8 heteroatoms. The molecule has 0 saturated carbocycles. The van der Waals surface area contributed by atoms with E-state index in [1.165, 1.54) is 35.7 Å². The van der Waals surface area contributed by atoms with E-state index in [9.17, 15) is 19.5 Å². The summed E-state index contributed by atoms with van der Waals surface area (Å²) in [7, 11) is 4.76. The third-order valence-electron chi connectivity index (χ3n) is 4.54. The third-order valence-corrected chi connectivity index (χ3v) is 4.54. The number of amides is 3. The van der Waals surface area contributed by atoms with Gasteiger partial charge < -0.3 is 14.9 Å². The van der Waals surface area contributed by atoms with E-state index < -0.39 is 17.5 Å². The molecule has 0 unspecified atom stereocenters. The fourth-order valence-electron chi connectivity index (χ4n) is 2.33. The second-order valence-electron chi connectivity index (χ2n) is 7.02. The monoisotopic (exact) mass is 378 g/mol. The minimum absolute atomic E-state index is 0.00279. The quantitative estimate of drug-likeness (QED) is 0.697. The van der Waals surface area contributed by atoms with Gasteiger partial charge in [-0.25, -0.2) is 14.6 Å². The van der Waals surface area contributed by atoms with Crippen LogP contribution in [-0.4, -0.2) is 82.6 Å². The standard InChI is InChI=1S/C19H30N4O4/c1-7-23(18(27)21(6)19(2,3)17(25)26)22(14-16(24)20(4)5)13-15-11-9-8-10-12-15/h8-12H,7,13-14H2,1-6H3,(H,25,26). The molecule has 0 bridgehead atoms. The van der Waals surface area contributed by atoms with Crippen LogP contribution in [0.15, 0.2) is 30.3 Å². The number of likely N-dealkylation sites (N-methyl/N-ethyl adjacent to an activating group) is 2. The molecule has 8 nitrogen and oxygen atoms in total. The van der Waals surface area contributed by atoms with Crippen molar-refractivity contribution < 1.29 is 19.5 Å². The molecule has 0 aromatic heterocycles. The number of carbonyl (C=O) groups is 3. The van der Waals surface area contributed by atoms with E-state index in [4.69, 9.17) is 0 Å². The summed E-state index contributed by atoms with van der Waals surface area (Å²) in [6.45, 7) is 5.37. The zero-order valence-corrected chi connectivity index (χ0v) is 17.0. The number of hydrazine groups is 1. The molecule has 1 aromatic rings. The first-order chi connectivity index (χ1) is 12.5. The molecular weight excluding hydrogens is 348 g/mol. The molecule has 27 heavy (non-hydrogen) atoms. The van der Waals surface area contributed by atoms with E-state index in [2.05, 4.69) is 0 Å². The Balaban J connectivity index is 3.16. The first-order valence-corrected chi connectivity index (χ1v) is 8.80. The van der Waals surface area contributed by atoms with Crippen LogP contribution in [0.1, 0.15) is 26.3 Å². The Labute approximate surface area is 160 Å². The SMILES string of the molecule is CCN(C(=O)N(C)C(C)(C)C(=O)O)N(CC(=O)N(C)C)Cc1ccccc1. The maximum atomic E-state index is 13.0. The van der Waals surface area contributed by atoms with Gasteiger partial charge in [0.05, 0.1) is 6.54 Å². The lowest BCUT2D eigenvalue weighted by Crippen LogP contribution is -2.59. The summed E-state index contributed by atoms with van der Waals surface area (Å²) in [5, 5.41) is 12.5. The van der Waals surface area contributed by atoms with E-state index in [1.54, 1.807) is 26.0 Å². The molecule has 1 rings (SSSR count). The van der Waals surface area contributed by atoms with Gasteiger partial charge in [-0.2, -0.15) is 0 Å². The zero-order chi connectivity index (χ0) is 20.8. The molecule has 1 N–H and O–H groups in total. The maximum absolute atomic E-state index is 13.0. The number of hydrogen-bond acceptors (Lipinski definition) is 4. The molecule has 1 aromatic carbocycles. The second kappa shape index (κ2) is 9.36. The fourth-order valence-corrected chi connectivity index (χ4v) is 2.33. The number of carboxylic acid groups (broad SMARTS) is 1. The van der Waals surface area contributed by atoms with Crippen LogP contribution in [-0.2, 0) is 16.1 Å². The average molecular weight is 378 g/mol. The van der Waals surface area contributed by atoms with Crippen molar-refractivity contribution in [1.29, 1.82) is 0 Å². The van der Waals surface area contributed by atoms with Gasteiger partial charge in [-0.15, -0.1) is 0 Å². The van der Waals surface area contributed by atoms with Gasteiger partial charge in [0.1, 0.15) is 5.54 Å². The summed E-state index contributed by atoms with van der Waals surface area (Å²) < 4.78 is 0. The number of urea groups is 1. The highest BCUT2D eigenvalue weighted by molar-refractivity contribution is 5.85. The van der Waals surface area contributed by atoms with Crippen LogP contribution in [0.4, 0.5) is 4.79 Å². The van der Waals surface area contributed by atoms with Crippen molar-refractivity contribution in [2.75, 3.05) is 34.2 Å². The van der Waals surface area contributed by atoms with Crippen LogP contribution in [0.2, 0.25) is 0 Å². The molecular formula is C19H30N4O4. The van der Waals surface area contributed by atoms with Gasteiger partial charge >= 0.3 is 12.0 Å². The van der Waals surface area contributed by atoms with Crippen LogP contribution in [0, 0.1) is 0 Å². The minimum atomic E-state index is -1.38. The van der Waals surface area contributed by atoms with E-state index in [0.717, 1.165) is 5.56 Å². The predicted molar refractivity (Wildman–Crippen MR) is 103 cm³/mol. The van der Waals surface area contributed by atoms with Gasteiger partial charge in [0.15, 0.2) is 0 Å². The molecule has 0 fully saturated rings. The number of hydrogen-bond donors (Lipinski definition) is 1. The van der Waals surface area contributed by atoms with E-state index in [0.29, 0.717) is 13.1 Å². The summed E-state index contributed by atoms with van der Waals surface area (Å²) in [6, 6.07) is 9.02. The van der Waals surface area contributed by atoms with Crippen LogP contribution in [0.25, 0.3) is 0 Å². The Kier molecular flexibility index (Phi) is 7.78. The van der Waals surface area contributed by atoms with Gasteiger partial charge in [0, 0.05) is 34.2 Å². The normalized spacial score (nSPS) is 11.2. The Morgan fingerprint density at radius 2 is 1.59 bits per heavy atom. The second-order valence-corrected chi connectivity index (χ2v) is 7.02. The Bertz CT molecular complexity index is 661. The summed E-state index contributed by atoms with van der Waals surface area (Å²) >= 11 is 0. The Morgan fingerprint density at radius 1 is 1.04 bits per heavy atom. The van der Waals surface area contributed by atoms with Crippen LogP contribution in [0.3, 0.4) is 0 Å². The third kappa shape index (κ3) is 5.68. The van der Waals surface area contributed by atoms with Crippen molar-refractivity contribution in [3.05, 3.63) is 35.9 Å². The zero-order valence-electron chi connectivity index (χ0n) is 17.0. The number of rotatable bonds is 8. The molecule has 3 amide bonds. The van der Waals surface area contributed by atoms with Gasteiger partial charge in [0.25, 0.3) is 0 Å². The molecule has 0 atom stereocenters. The smallest absolute Gasteiger partial charge is 0.335 e. The van der Waals surface area contributed by atoms with Crippen molar-refractivity contribution in [2.45, 2.75) is 32.9 Å². The van der Waals surface area contributed by atoms with Gasteiger partial charge in [0.2, 0.25) is 5.91 Å². The van der Waals surface area contributed by atoms with Gasteiger partial charge in [-0.1, -0.05) is 30.3 Å². The molecule has 0 spiro atoms. The molecule has 0 aliphatic heterocycles. The van der Waals surface area contributed by atoms with Crippen molar-refractivity contribution >= 4 is 17.9 Å². The highest BCUT2D eigenvalue weighted by Crippen LogP contribution is 2.17. The highest BCUT2D eigenvalue weighted by Gasteiger charge is 2.38. The first kappa shape index (κ1) is 22.4. The van der Waals surface area contributed by atoms with E-state index in [-0.39, 0.29) is 12.5 Å². The molecule has 150 valence electrons. The molecule has 0 saturated heterocycles. The van der Waals surface area contributed by atoms with Crippen LogP contribution < -0.4 is 0 Å². The molecule has 0 aliphatic carbocycles. The van der Waals surface area contributed by atoms with Crippen molar-refractivity contribution in [3.8, 4) is 0 Å². The molecule has 0 heterocycles. The summed E-state index contributed by atoms with van der Waals surface area (Å²) in [6.07, 6.45) is 0. The lowest BCUT2D eigenvalue weighted by Gasteiger charge is -2.40. The van der Waals surface area contributed by atoms with E-state index >= 15 is 0 Å². The molecule has 0 aliphatic rings. The van der Waals surface area contributed by atoms with E-state index in [1.807, 2.05) is 30.3 Å². The largest absolute Gasteiger partial charge is 0.480 e. The van der Waals surface area contributed by atoms with Crippen molar-refractivity contribution in [2.24, 2.45) is 0 Å². The summed E-state index contributed by atoms with van der Waals surface area (Å²) in [5.74, 6) is -1.26. The Hall–Kier alpha value is -2.61. The number of nitrogens with zero attached hydrogens (tertiary/aromatic N) is 4. The number of benzene rings is 1. The summed E-state index contributed by atoms with van der Waals surface area (Å²) in [4.78, 5) is 39.5. The fraction of sp³-hybridized carbons (Fsp3) is 0.526. The predicted octanol–water partition coefficient (Wildman–Crippen LogP) is 1.73. The van der Waals surface area contributed by atoms with Crippen molar-refractivity contribution in [1.82, 2.24) is 19.8 Å². The number of carbonyl (C=O) groups excluding carboxylic acids is 2. The highest BCUT2D eigenvalue weighted by atomic mass is 16.4. The maximum Gasteiger partial charge on any atom is 0.335 e. The number of aliphatic carboxylic acids is 1. The summed E-state index contributed by atoms with van der Waals surface area (Å²) in [5.41, 5.74) is -0.440. The van der Waals surface area contributed by atoms with Gasteiger partial charge in [-0.3, -0.25) is 9.80 Å². The van der Waals surface area contributed by atoms with Gasteiger partial charge in [-0.05, 0) is 26.3 Å².